The maximum atomic E-state index is 14.6. The lowest BCUT2D eigenvalue weighted by Crippen LogP contribution is -2.59. The number of aryl methyl sites for hydroxylation is 1. The third-order valence-electron chi connectivity index (χ3n) is 10.2. The number of aliphatic hydroxyl groups excluding tert-OH is 1. The highest BCUT2D eigenvalue weighted by atomic mass is 32.1. The van der Waals surface area contributed by atoms with E-state index in [2.05, 4.69) is 20.9 Å². The maximum absolute atomic E-state index is 14.6. The summed E-state index contributed by atoms with van der Waals surface area (Å²) >= 11 is 1.50. The number of alkyl halides is 1. The Kier molecular flexibility index (Phi) is 18.4. The van der Waals surface area contributed by atoms with Crippen LogP contribution in [-0.4, -0.2) is 135 Å². The molecule has 0 radical (unpaired) electrons. The summed E-state index contributed by atoms with van der Waals surface area (Å²) in [6, 6.07) is 13.0. The van der Waals surface area contributed by atoms with Crippen molar-refractivity contribution in [2.75, 3.05) is 72.6 Å². The van der Waals surface area contributed by atoms with E-state index in [1.165, 1.54) is 16.2 Å². The van der Waals surface area contributed by atoms with E-state index in [1.807, 2.05) is 55.5 Å². The van der Waals surface area contributed by atoms with Crippen LogP contribution in [0.2, 0.25) is 0 Å². The number of hydrogen-bond acceptors (Lipinski definition) is 13. The number of thiazole rings is 1. The van der Waals surface area contributed by atoms with Crippen molar-refractivity contribution >= 4 is 35.2 Å². The molecule has 1 aliphatic heterocycles. The lowest BCUT2D eigenvalue weighted by atomic mass is 9.85. The van der Waals surface area contributed by atoms with Crippen molar-refractivity contribution in [1.29, 1.82) is 0 Å². The first-order valence-corrected chi connectivity index (χ1v) is 21.8. The smallest absolute Gasteiger partial charge is 0.407 e. The van der Waals surface area contributed by atoms with E-state index < -0.39 is 53.1 Å². The molecular formula is C44H60FN5O11S. The Morgan fingerprint density at radius 2 is 1.56 bits per heavy atom. The number of hydrogen-bond donors (Lipinski definition) is 4. The molecule has 1 aliphatic carbocycles. The second-order valence-electron chi connectivity index (χ2n) is 16.2. The molecule has 4 amide bonds. The SMILES string of the molecule is Cc1ncsc1-c1ccc(CNC(=O)[C@@H]2C[C@@H](O)CN2C(=O)[C@@H](NC(=O)C2(F)CC2)C(C)(C)C)c(OCCOCCOCCOCCOCCNC(=O)OCc2ccccc2)c1. The van der Waals surface area contributed by atoms with Gasteiger partial charge >= 0.3 is 6.09 Å². The fraction of sp³-hybridized carbons (Fsp3) is 0.568. The number of alkyl carbamates (subject to hydrolysis) is 1. The number of β-amino-alcohol motifs (C(OH)–C–C–N with tert-alkyl or cyclic N) is 1. The molecule has 2 heterocycles. The second kappa shape index (κ2) is 23.6. The van der Waals surface area contributed by atoms with Gasteiger partial charge in [0.2, 0.25) is 11.8 Å². The minimum absolute atomic E-state index is 0.0157. The number of nitrogens with one attached hydrogen (secondary N) is 3. The molecule has 3 atom stereocenters. The van der Waals surface area contributed by atoms with Crippen LogP contribution in [0.15, 0.2) is 54.0 Å². The van der Waals surface area contributed by atoms with Crippen LogP contribution >= 0.6 is 11.3 Å². The van der Waals surface area contributed by atoms with E-state index in [0.29, 0.717) is 64.1 Å². The average molecular weight is 886 g/mol. The lowest BCUT2D eigenvalue weighted by Gasteiger charge is -2.35. The van der Waals surface area contributed by atoms with Crippen molar-refractivity contribution < 1.29 is 57.1 Å². The molecule has 0 bridgehead atoms. The van der Waals surface area contributed by atoms with E-state index in [0.717, 1.165) is 21.7 Å². The summed E-state index contributed by atoms with van der Waals surface area (Å²) in [6.07, 6.45) is -1.23. The van der Waals surface area contributed by atoms with E-state index in [-0.39, 0.29) is 52.2 Å². The number of carbonyl (C=O) groups excluding carboxylic acids is 4. The number of benzene rings is 2. The third-order valence-corrected chi connectivity index (χ3v) is 11.2. The van der Waals surface area contributed by atoms with Gasteiger partial charge in [-0.1, -0.05) is 63.2 Å². The van der Waals surface area contributed by atoms with E-state index in [4.69, 9.17) is 28.4 Å². The first-order chi connectivity index (χ1) is 29.7. The van der Waals surface area contributed by atoms with Crippen LogP contribution in [0.1, 0.15) is 56.9 Å². The number of carbonyl (C=O) groups is 4. The Hall–Kier alpha value is -4.72. The molecule has 16 nitrogen and oxygen atoms in total. The van der Waals surface area contributed by atoms with Crippen molar-refractivity contribution in [3.63, 3.8) is 0 Å². The molecule has 5 rings (SSSR count). The van der Waals surface area contributed by atoms with Gasteiger partial charge < -0.3 is 54.4 Å². The van der Waals surface area contributed by atoms with Crippen LogP contribution in [0, 0.1) is 12.3 Å². The summed E-state index contributed by atoms with van der Waals surface area (Å²) in [4.78, 5) is 58.5. The molecule has 1 aromatic heterocycles. The van der Waals surface area contributed by atoms with Gasteiger partial charge in [-0.2, -0.15) is 0 Å². The molecule has 62 heavy (non-hydrogen) atoms. The first-order valence-electron chi connectivity index (χ1n) is 20.9. The average Bonchev–Trinajstić information content (AvgIpc) is 3.66. The molecule has 1 saturated heterocycles. The van der Waals surface area contributed by atoms with Crippen molar-refractivity contribution in [3.8, 4) is 16.2 Å². The monoisotopic (exact) mass is 885 g/mol. The number of rotatable bonds is 25. The van der Waals surface area contributed by atoms with Crippen molar-refractivity contribution in [2.24, 2.45) is 5.41 Å². The van der Waals surface area contributed by atoms with Crippen LogP contribution < -0.4 is 20.7 Å². The van der Waals surface area contributed by atoms with Gasteiger partial charge in [-0.15, -0.1) is 11.3 Å². The number of halogens is 1. The molecule has 2 aromatic carbocycles. The summed E-state index contributed by atoms with van der Waals surface area (Å²) in [5.41, 5.74) is 2.38. The molecule has 2 fully saturated rings. The Morgan fingerprint density at radius 3 is 2.18 bits per heavy atom. The van der Waals surface area contributed by atoms with Gasteiger partial charge in [-0.25, -0.2) is 14.2 Å². The van der Waals surface area contributed by atoms with Crippen LogP contribution in [0.5, 0.6) is 5.75 Å². The minimum Gasteiger partial charge on any atom is -0.491 e. The maximum Gasteiger partial charge on any atom is 0.407 e. The Morgan fingerprint density at radius 1 is 0.919 bits per heavy atom. The fourth-order valence-electron chi connectivity index (χ4n) is 6.54. The van der Waals surface area contributed by atoms with Gasteiger partial charge in [0.05, 0.1) is 75.0 Å². The Bertz CT molecular complexity index is 1910. The Balaban J connectivity index is 0.995. The van der Waals surface area contributed by atoms with Crippen LogP contribution in [0.3, 0.4) is 0 Å². The van der Waals surface area contributed by atoms with Gasteiger partial charge in [0, 0.05) is 31.6 Å². The minimum atomic E-state index is -1.97. The fourth-order valence-corrected chi connectivity index (χ4v) is 7.35. The first kappa shape index (κ1) is 48.3. The predicted octanol–water partition coefficient (Wildman–Crippen LogP) is 4.10. The number of aromatic nitrogens is 1. The topological polar surface area (TPSA) is 196 Å². The van der Waals surface area contributed by atoms with Gasteiger partial charge in [0.1, 0.15) is 31.0 Å². The summed E-state index contributed by atoms with van der Waals surface area (Å²) in [5, 5.41) is 18.7. The zero-order chi connectivity index (χ0) is 44.5. The van der Waals surface area contributed by atoms with Gasteiger partial charge in [-0.3, -0.25) is 14.4 Å². The van der Waals surface area contributed by atoms with Crippen LogP contribution in [-0.2, 0) is 51.2 Å². The summed E-state index contributed by atoms with van der Waals surface area (Å²) < 4.78 is 48.2. The Labute approximate surface area is 366 Å². The van der Waals surface area contributed by atoms with E-state index in [9.17, 15) is 28.7 Å². The zero-order valence-corrected chi connectivity index (χ0v) is 36.8. The van der Waals surface area contributed by atoms with E-state index in [1.54, 1.807) is 26.3 Å². The summed E-state index contributed by atoms with van der Waals surface area (Å²) in [7, 11) is 0. The van der Waals surface area contributed by atoms with Crippen molar-refractivity contribution in [2.45, 2.75) is 84.0 Å². The number of nitrogens with zero attached hydrogens (tertiary/aromatic N) is 2. The standard InChI is InChI=1S/C44H60FN5O11S/c1-30-37(62-29-48-30)32-10-11-33(26-47-39(52)35-25-34(51)27-50(35)40(53)38(43(2,3)4)49-41(54)44(45)12-13-44)36(24-32)60-23-22-59-21-20-58-19-18-57-17-16-56-15-14-46-42(55)61-28-31-8-6-5-7-9-31/h5-11,24,29,34-35,38,51H,12-23,25-28H2,1-4H3,(H,46,55)(H,47,52)(H,49,54)/t34-,35+,38-/m1/s1. The van der Waals surface area contributed by atoms with Crippen LogP contribution in [0.25, 0.3) is 10.4 Å². The quantitative estimate of drug-likeness (QED) is 0.0892. The lowest BCUT2D eigenvalue weighted by molar-refractivity contribution is -0.145. The molecule has 18 heteroatoms. The molecular weight excluding hydrogens is 826 g/mol. The number of amides is 4. The predicted molar refractivity (Wildman–Crippen MR) is 228 cm³/mol. The molecule has 4 N–H and O–H groups in total. The zero-order valence-electron chi connectivity index (χ0n) is 36.0. The number of aliphatic hydroxyl groups is 1. The number of likely N-dealkylation sites (tertiary alicyclic amines) is 1. The number of ether oxygens (including phenoxy) is 6. The highest BCUT2D eigenvalue weighted by Crippen LogP contribution is 2.40. The molecule has 1 saturated carbocycles. The van der Waals surface area contributed by atoms with Gasteiger partial charge in [0.25, 0.3) is 5.91 Å². The summed E-state index contributed by atoms with van der Waals surface area (Å²) in [5.74, 6) is -1.33. The third kappa shape index (κ3) is 15.0. The van der Waals surface area contributed by atoms with Gasteiger partial charge in [0.15, 0.2) is 5.67 Å². The largest absolute Gasteiger partial charge is 0.491 e. The second-order valence-corrected chi connectivity index (χ2v) is 17.1. The molecule has 0 unspecified atom stereocenters. The molecule has 2 aliphatic rings. The van der Waals surface area contributed by atoms with Crippen molar-refractivity contribution in [3.05, 3.63) is 70.9 Å². The summed E-state index contributed by atoms with van der Waals surface area (Å²) in [6.45, 7) is 10.7. The van der Waals surface area contributed by atoms with Gasteiger partial charge in [-0.05, 0) is 42.4 Å². The normalized spacial score (nSPS) is 17.3. The molecule has 0 spiro atoms. The van der Waals surface area contributed by atoms with Crippen LogP contribution in [0.4, 0.5) is 9.18 Å². The van der Waals surface area contributed by atoms with Crippen molar-refractivity contribution in [1.82, 2.24) is 25.8 Å². The highest BCUT2D eigenvalue weighted by molar-refractivity contribution is 7.13. The molecule has 3 aromatic rings. The highest BCUT2D eigenvalue weighted by Gasteiger charge is 2.53. The van der Waals surface area contributed by atoms with E-state index >= 15 is 0 Å². The molecule has 340 valence electrons.